The van der Waals surface area contributed by atoms with Crippen molar-refractivity contribution in [2.75, 3.05) is 31.1 Å². The number of aryl methyl sites for hydroxylation is 1. The largest absolute Gasteiger partial charge is 0.482 e. The van der Waals surface area contributed by atoms with E-state index in [1.807, 2.05) is 19.1 Å². The number of benzene rings is 2. The van der Waals surface area contributed by atoms with Crippen LogP contribution in [0.15, 0.2) is 36.4 Å². The molecule has 0 unspecified atom stereocenters. The van der Waals surface area contributed by atoms with E-state index in [0.717, 1.165) is 54.8 Å². The van der Waals surface area contributed by atoms with Crippen molar-refractivity contribution in [3.63, 3.8) is 0 Å². The number of alkyl halides is 3. The van der Waals surface area contributed by atoms with E-state index in [9.17, 15) is 18.0 Å². The number of thiazole rings is 1. The molecule has 1 N–H and O–H groups in total. The quantitative estimate of drug-likeness (QED) is 0.430. The summed E-state index contributed by atoms with van der Waals surface area (Å²) >= 11 is 1.30. The molecule has 2 aromatic carbocycles. The van der Waals surface area contributed by atoms with Gasteiger partial charge in [0.05, 0.1) is 15.8 Å². The third-order valence-electron chi connectivity index (χ3n) is 6.06. The third-order valence-corrected chi connectivity index (χ3v) is 7.14. The van der Waals surface area contributed by atoms with Crippen LogP contribution in [0.5, 0.6) is 5.75 Å². The lowest BCUT2D eigenvalue weighted by molar-refractivity contribution is -0.139. The summed E-state index contributed by atoms with van der Waals surface area (Å²) in [6.07, 6.45) is -2.39. The minimum absolute atomic E-state index is 0.260. The van der Waals surface area contributed by atoms with Gasteiger partial charge < -0.3 is 14.7 Å². The van der Waals surface area contributed by atoms with Crippen LogP contribution < -0.4 is 9.64 Å². The standard InChI is InChI=1S/C25H28F3N3O3S/c1-3-4-19-14-31(24-29-21-6-5-18(25(26,27)28)12-22(21)35-24)8-7-30(19)13-17-9-16(2)10-20(11-17)34-15-23(32)33/h5-6,9-12,19H,3-4,7-8,13-15H2,1-2H3,(H,32,33)/t19-/m0/s1. The molecule has 1 aromatic heterocycles. The average Bonchev–Trinajstić information content (AvgIpc) is 3.21. The van der Waals surface area contributed by atoms with Gasteiger partial charge in [-0.3, -0.25) is 4.90 Å². The fourth-order valence-electron chi connectivity index (χ4n) is 4.48. The van der Waals surface area contributed by atoms with Gasteiger partial charge in [0.2, 0.25) is 0 Å². The minimum Gasteiger partial charge on any atom is -0.482 e. The van der Waals surface area contributed by atoms with Crippen molar-refractivity contribution in [1.82, 2.24) is 9.88 Å². The number of halogens is 3. The van der Waals surface area contributed by atoms with Gasteiger partial charge in [0.1, 0.15) is 5.75 Å². The fraction of sp³-hybridized carbons (Fsp3) is 0.440. The van der Waals surface area contributed by atoms with Crippen LogP contribution in [-0.4, -0.2) is 53.2 Å². The highest BCUT2D eigenvalue weighted by Crippen LogP contribution is 2.36. The molecule has 4 rings (SSSR count). The first-order valence-electron chi connectivity index (χ1n) is 11.5. The summed E-state index contributed by atoms with van der Waals surface area (Å²) in [5, 5.41) is 9.64. The summed E-state index contributed by atoms with van der Waals surface area (Å²) in [5.41, 5.74) is 1.99. The van der Waals surface area contributed by atoms with E-state index < -0.39 is 17.7 Å². The molecule has 0 amide bonds. The Morgan fingerprint density at radius 3 is 2.74 bits per heavy atom. The molecule has 1 saturated heterocycles. The zero-order valence-electron chi connectivity index (χ0n) is 19.6. The summed E-state index contributed by atoms with van der Waals surface area (Å²) in [7, 11) is 0. The Morgan fingerprint density at radius 2 is 2.03 bits per heavy atom. The van der Waals surface area contributed by atoms with Gasteiger partial charge in [0.15, 0.2) is 11.7 Å². The lowest BCUT2D eigenvalue weighted by Crippen LogP contribution is -2.52. The van der Waals surface area contributed by atoms with Crippen molar-refractivity contribution in [1.29, 1.82) is 0 Å². The molecule has 2 heterocycles. The Kier molecular flexibility index (Phi) is 7.51. The van der Waals surface area contributed by atoms with Crippen molar-refractivity contribution < 1.29 is 27.8 Å². The number of nitrogens with zero attached hydrogens (tertiary/aromatic N) is 3. The predicted octanol–water partition coefficient (Wildman–Crippen LogP) is 5.58. The number of rotatable bonds is 8. The monoisotopic (exact) mass is 507 g/mol. The van der Waals surface area contributed by atoms with Crippen LogP contribution in [0.3, 0.4) is 0 Å². The molecule has 0 radical (unpaired) electrons. The molecule has 0 spiro atoms. The smallest absolute Gasteiger partial charge is 0.416 e. The summed E-state index contributed by atoms with van der Waals surface area (Å²) in [4.78, 5) is 20.0. The number of carboxylic acid groups (broad SMARTS) is 1. The molecule has 188 valence electrons. The maximum absolute atomic E-state index is 13.1. The van der Waals surface area contributed by atoms with E-state index in [2.05, 4.69) is 27.8 Å². The van der Waals surface area contributed by atoms with E-state index in [-0.39, 0.29) is 12.6 Å². The van der Waals surface area contributed by atoms with E-state index in [1.54, 1.807) is 0 Å². The van der Waals surface area contributed by atoms with Crippen LogP contribution in [0, 0.1) is 6.92 Å². The number of hydrogen-bond acceptors (Lipinski definition) is 6. The highest BCUT2D eigenvalue weighted by atomic mass is 32.1. The zero-order valence-corrected chi connectivity index (χ0v) is 20.5. The van der Waals surface area contributed by atoms with Gasteiger partial charge in [-0.1, -0.05) is 30.7 Å². The van der Waals surface area contributed by atoms with E-state index in [4.69, 9.17) is 9.84 Å². The number of fused-ring (bicyclic) bond motifs is 1. The van der Waals surface area contributed by atoms with Gasteiger partial charge in [-0.25, -0.2) is 9.78 Å². The number of carbonyl (C=O) groups is 1. The molecule has 6 nitrogen and oxygen atoms in total. The molecule has 0 bridgehead atoms. The van der Waals surface area contributed by atoms with Gasteiger partial charge >= 0.3 is 12.1 Å². The topological polar surface area (TPSA) is 65.9 Å². The van der Waals surface area contributed by atoms with Crippen molar-refractivity contribution in [2.45, 2.75) is 45.5 Å². The van der Waals surface area contributed by atoms with Gasteiger partial charge in [-0.05, 0) is 54.8 Å². The number of anilines is 1. The van der Waals surface area contributed by atoms with Crippen molar-refractivity contribution in [3.8, 4) is 5.75 Å². The Balaban J connectivity index is 1.49. The Hall–Kier alpha value is -2.85. The fourth-order valence-corrected chi connectivity index (χ4v) is 5.52. The van der Waals surface area contributed by atoms with Gasteiger partial charge in [0.25, 0.3) is 0 Å². The SMILES string of the molecule is CCC[C@H]1CN(c2nc3ccc(C(F)(F)F)cc3s2)CCN1Cc1cc(C)cc(OCC(=O)O)c1. The number of hydrogen-bond donors (Lipinski definition) is 1. The average molecular weight is 508 g/mol. The van der Waals surface area contributed by atoms with E-state index >= 15 is 0 Å². The normalized spacial score (nSPS) is 17.2. The minimum atomic E-state index is -4.37. The number of piperazine rings is 1. The molecule has 1 fully saturated rings. The second kappa shape index (κ2) is 10.4. The summed E-state index contributed by atoms with van der Waals surface area (Å²) < 4.78 is 45.2. The first-order valence-corrected chi connectivity index (χ1v) is 12.4. The van der Waals surface area contributed by atoms with E-state index in [1.165, 1.54) is 23.5 Å². The molecular formula is C25H28F3N3O3S. The number of aliphatic carboxylic acids is 1. The maximum atomic E-state index is 13.1. The van der Waals surface area contributed by atoms with Gasteiger partial charge in [-0.2, -0.15) is 13.2 Å². The first-order chi connectivity index (χ1) is 16.6. The number of carboxylic acids is 1. The van der Waals surface area contributed by atoms with Crippen LogP contribution in [0.1, 0.15) is 36.5 Å². The first kappa shape index (κ1) is 25.2. The number of aromatic nitrogens is 1. The molecule has 35 heavy (non-hydrogen) atoms. The molecule has 0 saturated carbocycles. The van der Waals surface area contributed by atoms with Crippen LogP contribution in [0.2, 0.25) is 0 Å². The molecule has 1 atom stereocenters. The second-order valence-corrected chi connectivity index (χ2v) is 9.88. The molecule has 0 aliphatic carbocycles. The van der Waals surface area contributed by atoms with Crippen molar-refractivity contribution >= 4 is 32.7 Å². The van der Waals surface area contributed by atoms with Crippen LogP contribution in [-0.2, 0) is 17.5 Å². The molecule has 10 heteroatoms. The van der Waals surface area contributed by atoms with E-state index in [0.29, 0.717) is 22.5 Å². The molecule has 1 aliphatic rings. The van der Waals surface area contributed by atoms with Gasteiger partial charge in [-0.15, -0.1) is 0 Å². The van der Waals surface area contributed by atoms with Crippen LogP contribution in [0.25, 0.3) is 10.2 Å². The lowest BCUT2D eigenvalue weighted by Gasteiger charge is -2.41. The van der Waals surface area contributed by atoms with Crippen LogP contribution >= 0.6 is 11.3 Å². The third kappa shape index (κ3) is 6.24. The van der Waals surface area contributed by atoms with Gasteiger partial charge in [0, 0.05) is 32.2 Å². The molecule has 1 aliphatic heterocycles. The van der Waals surface area contributed by atoms with Crippen LogP contribution in [0.4, 0.5) is 18.3 Å². The second-order valence-electron chi connectivity index (χ2n) is 8.87. The maximum Gasteiger partial charge on any atom is 0.416 e. The highest BCUT2D eigenvalue weighted by molar-refractivity contribution is 7.22. The summed E-state index contributed by atoms with van der Waals surface area (Å²) in [6, 6.07) is 9.75. The summed E-state index contributed by atoms with van der Waals surface area (Å²) in [5.74, 6) is -0.475. The Labute approximate surface area is 205 Å². The zero-order chi connectivity index (χ0) is 25.2. The highest BCUT2D eigenvalue weighted by Gasteiger charge is 2.32. The molecular weight excluding hydrogens is 479 g/mol. The van der Waals surface area contributed by atoms with Crippen molar-refractivity contribution in [3.05, 3.63) is 53.1 Å². The summed E-state index contributed by atoms with van der Waals surface area (Å²) in [6.45, 7) is 6.67. The predicted molar refractivity (Wildman–Crippen MR) is 130 cm³/mol. The number of ether oxygens (including phenoxy) is 1. The molecule has 3 aromatic rings. The Bertz CT molecular complexity index is 1200. The Morgan fingerprint density at radius 1 is 1.23 bits per heavy atom. The lowest BCUT2D eigenvalue weighted by atomic mass is 10.0. The van der Waals surface area contributed by atoms with Crippen molar-refractivity contribution in [2.24, 2.45) is 0 Å².